The molecule has 0 aliphatic heterocycles. The Kier molecular flexibility index (Phi) is 4.52. The van der Waals surface area contributed by atoms with Crippen molar-refractivity contribution in [3.8, 4) is 5.75 Å². The van der Waals surface area contributed by atoms with Gasteiger partial charge in [0.05, 0.1) is 12.1 Å². The lowest BCUT2D eigenvalue weighted by Gasteiger charge is -2.20. The number of hydrogen-bond donors (Lipinski definition) is 2. The number of primary amides is 1. The van der Waals surface area contributed by atoms with Gasteiger partial charge in [0.2, 0.25) is 5.91 Å². The molecule has 4 N–H and O–H groups in total. The summed E-state index contributed by atoms with van der Waals surface area (Å²) in [6, 6.07) is 7.81. The van der Waals surface area contributed by atoms with Crippen molar-refractivity contribution in [3.63, 3.8) is 0 Å². The number of amides is 1. The van der Waals surface area contributed by atoms with Crippen molar-refractivity contribution < 1.29 is 9.53 Å². The number of para-hydroxylation sites is 1. The molecule has 17 heavy (non-hydrogen) atoms. The Morgan fingerprint density at radius 2 is 2.06 bits per heavy atom. The first-order valence-electron chi connectivity index (χ1n) is 5.71. The minimum absolute atomic E-state index is 0.478. The molecule has 1 aromatic rings. The molecule has 0 saturated heterocycles. The van der Waals surface area contributed by atoms with Crippen LogP contribution in [0.2, 0.25) is 0 Å². The van der Waals surface area contributed by atoms with E-state index in [0.29, 0.717) is 19.4 Å². The smallest absolute Gasteiger partial charge is 0.237 e. The Balaban J connectivity index is 2.35. The fourth-order valence-electron chi connectivity index (χ4n) is 1.46. The second-order valence-electron chi connectivity index (χ2n) is 4.50. The minimum Gasteiger partial charge on any atom is -0.493 e. The Hall–Kier alpha value is -1.55. The lowest BCUT2D eigenvalue weighted by molar-refractivity contribution is -0.122. The number of ether oxygens (including phenoxy) is 1. The lowest BCUT2D eigenvalue weighted by Crippen LogP contribution is -2.49. The van der Waals surface area contributed by atoms with Gasteiger partial charge in [-0.15, -0.1) is 0 Å². The normalized spacial score (nSPS) is 14.1. The Bertz CT molecular complexity index is 389. The van der Waals surface area contributed by atoms with Gasteiger partial charge in [0, 0.05) is 0 Å². The van der Waals surface area contributed by atoms with E-state index >= 15 is 0 Å². The highest BCUT2D eigenvalue weighted by atomic mass is 16.5. The predicted octanol–water partition coefficient (Wildman–Crippen LogP) is 1.36. The molecule has 1 rings (SSSR count). The van der Waals surface area contributed by atoms with Crippen LogP contribution in [0.25, 0.3) is 0 Å². The zero-order valence-electron chi connectivity index (χ0n) is 10.4. The zero-order valence-corrected chi connectivity index (χ0v) is 10.4. The quantitative estimate of drug-likeness (QED) is 0.732. The van der Waals surface area contributed by atoms with E-state index in [4.69, 9.17) is 16.2 Å². The maximum atomic E-state index is 11.0. The average Bonchev–Trinajstić information content (AvgIpc) is 2.26. The summed E-state index contributed by atoms with van der Waals surface area (Å²) in [5, 5.41) is 0. The van der Waals surface area contributed by atoms with Gasteiger partial charge >= 0.3 is 0 Å². The summed E-state index contributed by atoms with van der Waals surface area (Å²) in [5.41, 5.74) is 11.1. The summed E-state index contributed by atoms with van der Waals surface area (Å²) in [4.78, 5) is 11.0. The van der Waals surface area contributed by atoms with Gasteiger partial charge in [-0.05, 0) is 38.3 Å². The number of carbonyl (C=O) groups is 1. The molecule has 0 spiro atoms. The van der Waals surface area contributed by atoms with Crippen molar-refractivity contribution in [2.24, 2.45) is 11.5 Å². The van der Waals surface area contributed by atoms with E-state index in [9.17, 15) is 4.79 Å². The van der Waals surface area contributed by atoms with Crippen LogP contribution in [-0.4, -0.2) is 18.1 Å². The molecule has 0 fully saturated rings. The molecule has 4 heteroatoms. The third kappa shape index (κ3) is 4.07. The fourth-order valence-corrected chi connectivity index (χ4v) is 1.46. The molecule has 0 aromatic heterocycles. The van der Waals surface area contributed by atoms with Crippen LogP contribution in [0.1, 0.15) is 25.3 Å². The Labute approximate surface area is 102 Å². The number of hydrogen-bond acceptors (Lipinski definition) is 3. The highest BCUT2D eigenvalue weighted by Crippen LogP contribution is 2.17. The van der Waals surface area contributed by atoms with E-state index in [2.05, 4.69) is 0 Å². The minimum atomic E-state index is -0.949. The number of nitrogens with two attached hydrogens (primary N) is 2. The van der Waals surface area contributed by atoms with Crippen LogP contribution in [0.15, 0.2) is 24.3 Å². The zero-order chi connectivity index (χ0) is 12.9. The van der Waals surface area contributed by atoms with Gasteiger partial charge in [-0.3, -0.25) is 4.79 Å². The monoisotopic (exact) mass is 236 g/mol. The van der Waals surface area contributed by atoms with Crippen molar-refractivity contribution in [1.82, 2.24) is 0 Å². The molecule has 1 amide bonds. The molecular formula is C13H20N2O2. The van der Waals surface area contributed by atoms with Crippen molar-refractivity contribution in [1.29, 1.82) is 0 Å². The first kappa shape index (κ1) is 13.5. The van der Waals surface area contributed by atoms with Gasteiger partial charge in [0.1, 0.15) is 5.75 Å². The predicted molar refractivity (Wildman–Crippen MR) is 67.7 cm³/mol. The number of benzene rings is 1. The number of aryl methyl sites for hydroxylation is 1. The van der Waals surface area contributed by atoms with Crippen LogP contribution in [0.5, 0.6) is 5.75 Å². The van der Waals surface area contributed by atoms with Crippen molar-refractivity contribution >= 4 is 5.91 Å². The third-order valence-electron chi connectivity index (χ3n) is 2.75. The molecule has 1 unspecified atom stereocenters. The molecule has 0 aliphatic carbocycles. The van der Waals surface area contributed by atoms with E-state index in [1.165, 1.54) is 0 Å². The van der Waals surface area contributed by atoms with Gasteiger partial charge in [-0.2, -0.15) is 0 Å². The fraction of sp³-hybridized carbons (Fsp3) is 0.462. The van der Waals surface area contributed by atoms with Gasteiger partial charge in [0.15, 0.2) is 0 Å². The average molecular weight is 236 g/mol. The van der Waals surface area contributed by atoms with E-state index < -0.39 is 11.4 Å². The van der Waals surface area contributed by atoms with Crippen LogP contribution in [0.4, 0.5) is 0 Å². The highest BCUT2D eigenvalue weighted by Gasteiger charge is 2.24. The van der Waals surface area contributed by atoms with Crippen molar-refractivity contribution in [3.05, 3.63) is 29.8 Å². The van der Waals surface area contributed by atoms with Gasteiger partial charge in [0.25, 0.3) is 0 Å². The molecular weight excluding hydrogens is 216 g/mol. The van der Waals surface area contributed by atoms with E-state index in [0.717, 1.165) is 11.3 Å². The van der Waals surface area contributed by atoms with Gasteiger partial charge in [-0.1, -0.05) is 18.2 Å². The summed E-state index contributed by atoms with van der Waals surface area (Å²) < 4.78 is 5.60. The number of rotatable bonds is 6. The van der Waals surface area contributed by atoms with Crippen LogP contribution in [0.3, 0.4) is 0 Å². The maximum absolute atomic E-state index is 11.0. The highest BCUT2D eigenvalue weighted by molar-refractivity contribution is 5.83. The van der Waals surface area contributed by atoms with Crippen molar-refractivity contribution in [2.45, 2.75) is 32.2 Å². The molecule has 94 valence electrons. The number of carbonyl (C=O) groups excluding carboxylic acids is 1. The summed E-state index contributed by atoms with van der Waals surface area (Å²) in [6.07, 6.45) is 1.22. The standard InChI is InChI=1S/C13H20N2O2/c1-10-6-3-4-7-11(10)17-9-5-8-13(2,15)12(14)16/h3-4,6-7H,5,8-9,15H2,1-2H3,(H2,14,16). The van der Waals surface area contributed by atoms with E-state index in [1.54, 1.807) is 6.92 Å². The van der Waals surface area contributed by atoms with E-state index in [-0.39, 0.29) is 0 Å². The first-order chi connectivity index (χ1) is 7.93. The van der Waals surface area contributed by atoms with Gasteiger partial charge < -0.3 is 16.2 Å². The second-order valence-corrected chi connectivity index (χ2v) is 4.50. The van der Waals surface area contributed by atoms with Crippen LogP contribution < -0.4 is 16.2 Å². The topological polar surface area (TPSA) is 78.3 Å². The maximum Gasteiger partial charge on any atom is 0.237 e. The molecule has 0 radical (unpaired) electrons. The summed E-state index contributed by atoms with van der Waals surface area (Å²) >= 11 is 0. The molecule has 0 bridgehead atoms. The molecule has 1 atom stereocenters. The molecule has 0 saturated carbocycles. The van der Waals surface area contributed by atoms with Crippen LogP contribution in [-0.2, 0) is 4.79 Å². The molecule has 0 heterocycles. The first-order valence-corrected chi connectivity index (χ1v) is 5.71. The largest absolute Gasteiger partial charge is 0.493 e. The molecule has 1 aromatic carbocycles. The molecule has 4 nitrogen and oxygen atoms in total. The lowest BCUT2D eigenvalue weighted by atomic mass is 9.97. The SMILES string of the molecule is Cc1ccccc1OCCCC(C)(N)C(N)=O. The van der Waals surface area contributed by atoms with Crippen LogP contribution in [0, 0.1) is 6.92 Å². The van der Waals surface area contributed by atoms with E-state index in [1.807, 2.05) is 31.2 Å². The van der Waals surface area contributed by atoms with Crippen LogP contribution >= 0.6 is 0 Å². The summed E-state index contributed by atoms with van der Waals surface area (Å²) in [6.45, 7) is 4.17. The molecule has 0 aliphatic rings. The van der Waals surface area contributed by atoms with Gasteiger partial charge in [-0.25, -0.2) is 0 Å². The summed E-state index contributed by atoms with van der Waals surface area (Å²) in [5.74, 6) is 0.388. The van der Waals surface area contributed by atoms with Crippen molar-refractivity contribution in [2.75, 3.05) is 6.61 Å². The second kappa shape index (κ2) is 5.68. The Morgan fingerprint density at radius 3 is 2.65 bits per heavy atom. The third-order valence-corrected chi connectivity index (χ3v) is 2.75. The summed E-state index contributed by atoms with van der Waals surface area (Å²) in [7, 11) is 0. The Morgan fingerprint density at radius 1 is 1.41 bits per heavy atom.